The van der Waals surface area contributed by atoms with Crippen molar-refractivity contribution in [2.24, 2.45) is 0 Å². The van der Waals surface area contributed by atoms with Crippen molar-refractivity contribution in [3.05, 3.63) is 56.2 Å². The van der Waals surface area contributed by atoms with E-state index < -0.39 is 6.04 Å². The van der Waals surface area contributed by atoms with E-state index in [1.807, 2.05) is 18.2 Å². The minimum absolute atomic E-state index is 0.146. The molecular weight excluding hydrogens is 460 g/mol. The maximum Gasteiger partial charge on any atom is 0.261 e. The van der Waals surface area contributed by atoms with Gasteiger partial charge in [-0.25, -0.2) is 0 Å². The summed E-state index contributed by atoms with van der Waals surface area (Å²) in [5, 5.41) is 2.97. The van der Waals surface area contributed by atoms with Crippen LogP contribution < -0.4 is 5.32 Å². The summed E-state index contributed by atoms with van der Waals surface area (Å²) in [5.41, 5.74) is 2.99. The van der Waals surface area contributed by atoms with Gasteiger partial charge in [0, 0.05) is 44.8 Å². The number of benzene rings is 1. The van der Waals surface area contributed by atoms with Gasteiger partial charge in [-0.2, -0.15) is 0 Å². The first kappa shape index (κ1) is 23.7. The van der Waals surface area contributed by atoms with Crippen LogP contribution in [-0.2, 0) is 17.8 Å². The van der Waals surface area contributed by atoms with E-state index in [-0.39, 0.29) is 30.3 Å². The number of likely N-dealkylation sites (tertiary alicyclic amines) is 1. The molecular formula is C24H29ClN4O3S. The Labute approximate surface area is 203 Å². The summed E-state index contributed by atoms with van der Waals surface area (Å²) in [6.07, 6.45) is 1.26. The number of carbonyl (C=O) groups excluding carboxylic acids is 3. The van der Waals surface area contributed by atoms with E-state index in [4.69, 9.17) is 11.6 Å². The second-order valence-electron chi connectivity index (χ2n) is 9.17. The highest BCUT2D eigenvalue weighted by Crippen LogP contribution is 2.27. The van der Waals surface area contributed by atoms with Crippen molar-refractivity contribution in [1.29, 1.82) is 0 Å². The number of halogens is 1. The molecule has 2 aliphatic heterocycles. The Morgan fingerprint density at radius 3 is 2.58 bits per heavy atom. The first-order valence-corrected chi connectivity index (χ1v) is 12.2. The third-order valence-electron chi connectivity index (χ3n) is 6.56. The average molecular weight is 489 g/mol. The fourth-order valence-electron chi connectivity index (χ4n) is 4.56. The molecule has 0 unspecified atom stereocenters. The number of likely N-dealkylation sites (N-methyl/N-ethyl adjacent to an activating group) is 2. The van der Waals surface area contributed by atoms with Gasteiger partial charge in [-0.1, -0.05) is 17.7 Å². The van der Waals surface area contributed by atoms with E-state index in [0.29, 0.717) is 27.2 Å². The van der Waals surface area contributed by atoms with E-state index in [1.165, 1.54) is 27.4 Å². The Bertz CT molecular complexity index is 1090. The normalized spacial score (nSPS) is 22.7. The third-order valence-corrected chi connectivity index (χ3v) is 7.79. The van der Waals surface area contributed by atoms with E-state index in [0.717, 1.165) is 13.0 Å². The molecule has 0 saturated carbocycles. The van der Waals surface area contributed by atoms with Gasteiger partial charge < -0.3 is 15.1 Å². The molecule has 7 nitrogen and oxygen atoms in total. The lowest BCUT2D eigenvalue weighted by atomic mass is 9.93. The number of rotatable bonds is 4. The van der Waals surface area contributed by atoms with Crippen molar-refractivity contribution >= 4 is 40.7 Å². The van der Waals surface area contributed by atoms with Crippen LogP contribution >= 0.6 is 22.9 Å². The van der Waals surface area contributed by atoms with Crippen LogP contribution in [0.4, 0.5) is 0 Å². The Balaban J connectivity index is 1.55. The molecule has 176 valence electrons. The first-order valence-electron chi connectivity index (χ1n) is 11.0. The minimum atomic E-state index is -0.620. The maximum absolute atomic E-state index is 13.5. The first-order chi connectivity index (χ1) is 15.6. The minimum Gasteiger partial charge on any atom is -0.347 e. The molecule has 2 aromatic rings. The van der Waals surface area contributed by atoms with Gasteiger partial charge in [-0.05, 0) is 62.2 Å². The van der Waals surface area contributed by atoms with Crippen LogP contribution in [0.5, 0.6) is 0 Å². The second kappa shape index (κ2) is 9.44. The summed E-state index contributed by atoms with van der Waals surface area (Å²) in [4.78, 5) is 45.0. The highest BCUT2D eigenvalue weighted by atomic mass is 35.5. The van der Waals surface area contributed by atoms with E-state index >= 15 is 0 Å². The van der Waals surface area contributed by atoms with Crippen LogP contribution in [0.2, 0.25) is 4.34 Å². The van der Waals surface area contributed by atoms with Gasteiger partial charge in [0.2, 0.25) is 5.91 Å². The molecule has 0 aliphatic carbocycles. The molecule has 0 radical (unpaired) electrons. The second-order valence-corrected chi connectivity index (χ2v) is 10.9. The quantitative estimate of drug-likeness (QED) is 0.718. The molecule has 9 heteroatoms. The molecule has 1 saturated heterocycles. The monoisotopic (exact) mass is 488 g/mol. The number of nitrogens with one attached hydrogen (secondary N) is 1. The van der Waals surface area contributed by atoms with E-state index in [9.17, 15) is 14.4 Å². The summed E-state index contributed by atoms with van der Waals surface area (Å²) in [6, 6.07) is 8.66. The van der Waals surface area contributed by atoms with Crippen molar-refractivity contribution in [3.8, 4) is 0 Å². The Hall–Kier alpha value is -2.42. The number of hydrogen-bond donors (Lipinski definition) is 1. The Kier molecular flexibility index (Phi) is 6.79. The maximum atomic E-state index is 13.5. The van der Waals surface area contributed by atoms with Gasteiger partial charge in [-0.15, -0.1) is 11.3 Å². The van der Waals surface area contributed by atoms with E-state index in [1.54, 1.807) is 31.1 Å². The van der Waals surface area contributed by atoms with Crippen molar-refractivity contribution in [1.82, 2.24) is 20.0 Å². The standard InChI is InChI=1S/C24H29ClN4O3S/c1-14-9-17-10-15(5-6-16(17)12-28(14)4)23(31)29-13-18(11-19(29)24(32)27(2)3)26-22(30)20-7-8-21(25)33-20/h5-8,10,14,18-19H,9,11-13H2,1-4H3,(H,26,30)/t14-,18-,19+/m1/s1. The highest BCUT2D eigenvalue weighted by Gasteiger charge is 2.41. The molecule has 1 aromatic carbocycles. The number of thiophene rings is 1. The smallest absolute Gasteiger partial charge is 0.261 e. The SMILES string of the molecule is C[C@@H]1Cc2cc(C(=O)N3C[C@H](NC(=O)c4ccc(Cl)s4)C[C@H]3C(=O)N(C)C)ccc2CN1C. The zero-order valence-corrected chi connectivity index (χ0v) is 20.9. The number of amides is 3. The van der Waals surface area contributed by atoms with Crippen molar-refractivity contribution in [2.75, 3.05) is 27.7 Å². The van der Waals surface area contributed by atoms with Crippen molar-refractivity contribution in [3.63, 3.8) is 0 Å². The third kappa shape index (κ3) is 4.93. The molecule has 1 aromatic heterocycles. The molecule has 3 amide bonds. The van der Waals surface area contributed by atoms with Crippen LogP contribution in [0.15, 0.2) is 30.3 Å². The van der Waals surface area contributed by atoms with Crippen molar-refractivity contribution < 1.29 is 14.4 Å². The van der Waals surface area contributed by atoms with Crippen LogP contribution in [-0.4, -0.2) is 78.2 Å². The fraction of sp³-hybridized carbons (Fsp3) is 0.458. The fourth-order valence-corrected chi connectivity index (χ4v) is 5.50. The molecule has 3 atom stereocenters. The van der Waals surface area contributed by atoms with Crippen LogP contribution in [0.1, 0.15) is 44.5 Å². The molecule has 3 heterocycles. The summed E-state index contributed by atoms with van der Waals surface area (Å²) in [5.74, 6) is -0.567. The van der Waals surface area contributed by atoms with E-state index in [2.05, 4.69) is 24.2 Å². The van der Waals surface area contributed by atoms with Crippen LogP contribution in [0, 0.1) is 0 Å². The van der Waals surface area contributed by atoms with Gasteiger partial charge in [0.05, 0.1) is 9.21 Å². The number of hydrogen-bond acceptors (Lipinski definition) is 5. The largest absolute Gasteiger partial charge is 0.347 e. The summed E-state index contributed by atoms with van der Waals surface area (Å²) < 4.78 is 0.539. The lowest BCUT2D eigenvalue weighted by Gasteiger charge is -2.32. The summed E-state index contributed by atoms with van der Waals surface area (Å²) in [6.45, 7) is 3.32. The molecule has 1 fully saturated rings. The summed E-state index contributed by atoms with van der Waals surface area (Å²) in [7, 11) is 5.47. The van der Waals surface area contributed by atoms with Gasteiger partial charge in [0.1, 0.15) is 6.04 Å². The Morgan fingerprint density at radius 1 is 1.15 bits per heavy atom. The number of fused-ring (bicyclic) bond motifs is 1. The van der Waals surface area contributed by atoms with Gasteiger partial charge in [-0.3, -0.25) is 19.3 Å². The molecule has 2 aliphatic rings. The van der Waals surface area contributed by atoms with Gasteiger partial charge in [0.25, 0.3) is 11.8 Å². The predicted octanol–water partition coefficient (Wildman–Crippen LogP) is 2.88. The zero-order valence-electron chi connectivity index (χ0n) is 19.3. The zero-order chi connectivity index (χ0) is 23.9. The number of nitrogens with zero attached hydrogens (tertiary/aromatic N) is 3. The van der Waals surface area contributed by atoms with Gasteiger partial charge >= 0.3 is 0 Å². The van der Waals surface area contributed by atoms with Crippen LogP contribution in [0.3, 0.4) is 0 Å². The topological polar surface area (TPSA) is 73.0 Å². The van der Waals surface area contributed by atoms with Crippen LogP contribution in [0.25, 0.3) is 0 Å². The molecule has 4 rings (SSSR count). The average Bonchev–Trinajstić information content (AvgIpc) is 3.39. The Morgan fingerprint density at radius 2 is 1.91 bits per heavy atom. The lowest BCUT2D eigenvalue weighted by molar-refractivity contribution is -0.132. The molecule has 33 heavy (non-hydrogen) atoms. The molecule has 1 N–H and O–H groups in total. The molecule has 0 spiro atoms. The molecule has 0 bridgehead atoms. The highest BCUT2D eigenvalue weighted by molar-refractivity contribution is 7.18. The predicted molar refractivity (Wildman–Crippen MR) is 130 cm³/mol. The number of carbonyl (C=O) groups is 3. The van der Waals surface area contributed by atoms with Gasteiger partial charge in [0.15, 0.2) is 0 Å². The van der Waals surface area contributed by atoms with Crippen molar-refractivity contribution in [2.45, 2.75) is 44.4 Å². The summed E-state index contributed by atoms with van der Waals surface area (Å²) >= 11 is 7.16. The lowest BCUT2D eigenvalue weighted by Crippen LogP contribution is -2.45.